The molecule has 3 rings (SSSR count). The zero-order valence-corrected chi connectivity index (χ0v) is 15.7. The van der Waals surface area contributed by atoms with Gasteiger partial charge in [0, 0.05) is 11.1 Å². The molecule has 0 aliphatic carbocycles. The zero-order chi connectivity index (χ0) is 20.8. The van der Waals surface area contributed by atoms with Crippen LogP contribution < -0.4 is 10.1 Å². The van der Waals surface area contributed by atoms with Crippen molar-refractivity contribution < 1.29 is 23.1 Å². The van der Waals surface area contributed by atoms with Gasteiger partial charge in [-0.1, -0.05) is 12.1 Å². The Hall–Kier alpha value is -3.54. The second-order valence-corrected chi connectivity index (χ2v) is 6.49. The minimum absolute atomic E-state index is 0.198. The van der Waals surface area contributed by atoms with Gasteiger partial charge in [0.15, 0.2) is 12.4 Å². The molecule has 0 fully saturated rings. The molecular formula is C23H19F2NO3. The highest BCUT2D eigenvalue weighted by molar-refractivity contribution is 6.09. The Morgan fingerprint density at radius 1 is 0.828 bits per heavy atom. The van der Waals surface area contributed by atoms with E-state index in [9.17, 15) is 18.4 Å². The Morgan fingerprint density at radius 3 is 1.86 bits per heavy atom. The van der Waals surface area contributed by atoms with Gasteiger partial charge in [-0.3, -0.25) is 9.59 Å². The highest BCUT2D eigenvalue weighted by Crippen LogP contribution is 2.16. The first kappa shape index (κ1) is 20.2. The largest absolute Gasteiger partial charge is 0.484 e. The van der Waals surface area contributed by atoms with Crippen molar-refractivity contribution in [2.75, 3.05) is 6.61 Å². The molecule has 0 spiro atoms. The minimum Gasteiger partial charge on any atom is -0.484 e. The fourth-order valence-corrected chi connectivity index (χ4v) is 2.74. The SMILES string of the molecule is CC(NC(=O)COc1ccc(C(=O)c2ccc(F)cc2)cc1)c1ccc(F)cc1. The Balaban J connectivity index is 1.53. The predicted octanol–water partition coefficient (Wildman–Crippen LogP) is 4.45. The number of amides is 1. The summed E-state index contributed by atoms with van der Waals surface area (Å²) < 4.78 is 31.4. The van der Waals surface area contributed by atoms with Crippen LogP contribution in [0.25, 0.3) is 0 Å². The maximum Gasteiger partial charge on any atom is 0.258 e. The lowest BCUT2D eigenvalue weighted by Crippen LogP contribution is -2.31. The summed E-state index contributed by atoms with van der Waals surface area (Å²) in [5, 5.41) is 2.77. The summed E-state index contributed by atoms with van der Waals surface area (Å²) in [7, 11) is 0. The number of hydrogen-bond donors (Lipinski definition) is 1. The van der Waals surface area contributed by atoms with Gasteiger partial charge in [0.25, 0.3) is 5.91 Å². The van der Waals surface area contributed by atoms with Gasteiger partial charge >= 0.3 is 0 Å². The summed E-state index contributed by atoms with van der Waals surface area (Å²) in [4.78, 5) is 24.4. The van der Waals surface area contributed by atoms with Crippen molar-refractivity contribution in [3.63, 3.8) is 0 Å². The first-order valence-corrected chi connectivity index (χ1v) is 9.00. The molecule has 0 bridgehead atoms. The van der Waals surface area contributed by atoms with E-state index >= 15 is 0 Å². The van der Waals surface area contributed by atoms with Crippen LogP contribution in [0.15, 0.2) is 72.8 Å². The number of hydrogen-bond acceptors (Lipinski definition) is 3. The van der Waals surface area contributed by atoms with Crippen LogP contribution in [0.2, 0.25) is 0 Å². The molecule has 0 heterocycles. The van der Waals surface area contributed by atoms with Gasteiger partial charge < -0.3 is 10.1 Å². The van der Waals surface area contributed by atoms with Crippen molar-refractivity contribution in [3.05, 3.63) is 101 Å². The molecule has 0 aliphatic heterocycles. The third-order valence-corrected chi connectivity index (χ3v) is 4.34. The highest BCUT2D eigenvalue weighted by atomic mass is 19.1. The summed E-state index contributed by atoms with van der Waals surface area (Å²) in [5.41, 5.74) is 1.59. The van der Waals surface area contributed by atoms with E-state index in [1.54, 1.807) is 43.3 Å². The standard InChI is InChI=1S/C23H19F2NO3/c1-15(16-2-8-19(24)9-3-16)26-22(27)14-29-21-12-6-18(7-13-21)23(28)17-4-10-20(25)11-5-17/h2-13,15H,14H2,1H3,(H,26,27). The molecule has 0 saturated heterocycles. The highest BCUT2D eigenvalue weighted by Gasteiger charge is 2.12. The minimum atomic E-state index is -0.405. The van der Waals surface area contributed by atoms with Gasteiger partial charge in [0.2, 0.25) is 0 Å². The van der Waals surface area contributed by atoms with Gasteiger partial charge in [0.1, 0.15) is 17.4 Å². The summed E-state index contributed by atoms with van der Waals surface area (Å²) in [6, 6.07) is 17.3. The molecule has 0 aliphatic rings. The second-order valence-electron chi connectivity index (χ2n) is 6.49. The third-order valence-electron chi connectivity index (χ3n) is 4.34. The number of ketones is 1. The van der Waals surface area contributed by atoms with E-state index < -0.39 is 5.82 Å². The maximum absolute atomic E-state index is 13.0. The van der Waals surface area contributed by atoms with Gasteiger partial charge in [-0.25, -0.2) is 8.78 Å². The molecule has 4 nitrogen and oxygen atoms in total. The summed E-state index contributed by atoms with van der Waals surface area (Å²) in [6.45, 7) is 1.60. The van der Waals surface area contributed by atoms with Crippen molar-refractivity contribution >= 4 is 11.7 Å². The number of carbonyl (C=O) groups is 2. The van der Waals surface area contributed by atoms with Crippen LogP contribution in [0.3, 0.4) is 0 Å². The van der Waals surface area contributed by atoms with Crippen LogP contribution in [0.4, 0.5) is 8.78 Å². The first-order valence-electron chi connectivity index (χ1n) is 9.00. The van der Waals surface area contributed by atoms with Crippen LogP contribution in [-0.2, 0) is 4.79 Å². The lowest BCUT2D eigenvalue weighted by Gasteiger charge is -2.15. The molecular weight excluding hydrogens is 376 g/mol. The molecule has 3 aromatic carbocycles. The second kappa shape index (κ2) is 9.10. The first-order chi connectivity index (χ1) is 13.9. The van der Waals surface area contributed by atoms with Crippen LogP contribution in [-0.4, -0.2) is 18.3 Å². The summed E-state index contributed by atoms with van der Waals surface area (Å²) >= 11 is 0. The summed E-state index contributed by atoms with van der Waals surface area (Å²) in [6.07, 6.45) is 0. The lowest BCUT2D eigenvalue weighted by atomic mass is 10.0. The van der Waals surface area contributed by atoms with E-state index in [2.05, 4.69) is 5.32 Å². The van der Waals surface area contributed by atoms with Gasteiger partial charge in [-0.2, -0.15) is 0 Å². The molecule has 29 heavy (non-hydrogen) atoms. The molecule has 0 aromatic heterocycles. The fourth-order valence-electron chi connectivity index (χ4n) is 2.74. The topological polar surface area (TPSA) is 55.4 Å². The normalized spacial score (nSPS) is 11.6. The maximum atomic E-state index is 13.0. The summed E-state index contributed by atoms with van der Waals surface area (Å²) in [5.74, 6) is -0.866. The molecule has 6 heteroatoms. The quantitative estimate of drug-likeness (QED) is 0.602. The monoisotopic (exact) mass is 395 g/mol. The van der Waals surface area contributed by atoms with Gasteiger partial charge in [0.05, 0.1) is 6.04 Å². The van der Waals surface area contributed by atoms with E-state index in [0.717, 1.165) is 5.56 Å². The Labute approximate surface area is 167 Å². The predicted molar refractivity (Wildman–Crippen MR) is 105 cm³/mol. The smallest absolute Gasteiger partial charge is 0.258 e. The molecule has 1 atom stereocenters. The molecule has 1 amide bonds. The van der Waals surface area contributed by atoms with Gasteiger partial charge in [-0.05, 0) is 73.2 Å². The van der Waals surface area contributed by atoms with Crippen molar-refractivity contribution in [2.45, 2.75) is 13.0 Å². The van der Waals surface area contributed by atoms with Crippen LogP contribution in [0.5, 0.6) is 5.75 Å². The molecule has 148 valence electrons. The van der Waals surface area contributed by atoms with Crippen molar-refractivity contribution in [3.8, 4) is 5.75 Å². The number of carbonyl (C=O) groups excluding carboxylic acids is 2. The third kappa shape index (κ3) is 5.48. The number of benzene rings is 3. The average Bonchev–Trinajstić information content (AvgIpc) is 2.73. The Kier molecular flexibility index (Phi) is 6.34. The Bertz CT molecular complexity index is 984. The molecule has 3 aromatic rings. The van der Waals surface area contributed by atoms with E-state index in [4.69, 9.17) is 4.74 Å². The lowest BCUT2D eigenvalue weighted by molar-refractivity contribution is -0.123. The fraction of sp³-hybridized carbons (Fsp3) is 0.130. The molecule has 1 unspecified atom stereocenters. The van der Waals surface area contributed by atoms with E-state index in [-0.39, 0.29) is 30.2 Å². The van der Waals surface area contributed by atoms with Crippen molar-refractivity contribution in [1.82, 2.24) is 5.32 Å². The number of halogens is 2. The van der Waals surface area contributed by atoms with E-state index in [0.29, 0.717) is 16.9 Å². The molecule has 0 radical (unpaired) electrons. The van der Waals surface area contributed by atoms with E-state index in [1.165, 1.54) is 36.4 Å². The van der Waals surface area contributed by atoms with Crippen LogP contribution in [0.1, 0.15) is 34.5 Å². The van der Waals surface area contributed by atoms with Gasteiger partial charge in [-0.15, -0.1) is 0 Å². The zero-order valence-electron chi connectivity index (χ0n) is 15.7. The number of ether oxygens (including phenoxy) is 1. The molecule has 1 N–H and O–H groups in total. The average molecular weight is 395 g/mol. The Morgan fingerprint density at radius 2 is 1.31 bits per heavy atom. The number of rotatable bonds is 7. The van der Waals surface area contributed by atoms with Crippen LogP contribution in [0, 0.1) is 11.6 Å². The van der Waals surface area contributed by atoms with Crippen molar-refractivity contribution in [2.24, 2.45) is 0 Å². The van der Waals surface area contributed by atoms with E-state index in [1.807, 2.05) is 0 Å². The molecule has 0 saturated carbocycles. The number of nitrogens with one attached hydrogen (secondary N) is 1. The van der Waals surface area contributed by atoms with Crippen LogP contribution >= 0.6 is 0 Å². The van der Waals surface area contributed by atoms with Crippen molar-refractivity contribution in [1.29, 1.82) is 0 Å².